The van der Waals surface area contributed by atoms with E-state index in [1.54, 1.807) is 11.3 Å². The molecule has 0 bridgehead atoms. The lowest BCUT2D eigenvalue weighted by atomic mass is 10.2. The van der Waals surface area contributed by atoms with Crippen molar-refractivity contribution in [3.63, 3.8) is 0 Å². The quantitative estimate of drug-likeness (QED) is 0.808. The highest BCUT2D eigenvalue weighted by Gasteiger charge is 2.30. The summed E-state index contributed by atoms with van der Waals surface area (Å²) >= 11 is 7.65. The van der Waals surface area contributed by atoms with Crippen LogP contribution in [0.15, 0.2) is 41.8 Å². The molecule has 1 aliphatic rings. The molecule has 2 aromatic rings. The number of hydrogen-bond acceptors (Lipinski definition) is 3. The average molecular weight is 349 g/mol. The largest absolute Gasteiger partial charge is 0.334 e. The first-order valence-corrected chi connectivity index (χ1v) is 9.15. The standard InChI is InChI=1S/C18H21ClN2OS/c1-20(12-14-6-8-15(19)9-7-14)13-18(22)21-10-2-4-16(21)17-5-3-11-23-17/h3,5-9,11,16H,2,4,10,12-13H2,1H3. The van der Waals surface area contributed by atoms with E-state index in [0.717, 1.165) is 31.0 Å². The molecule has 0 aliphatic carbocycles. The molecule has 0 spiro atoms. The van der Waals surface area contributed by atoms with Gasteiger partial charge < -0.3 is 4.90 Å². The van der Waals surface area contributed by atoms with Crippen LogP contribution in [0.25, 0.3) is 0 Å². The normalized spacial score (nSPS) is 17.9. The Labute approximate surface area is 146 Å². The van der Waals surface area contributed by atoms with E-state index >= 15 is 0 Å². The van der Waals surface area contributed by atoms with Crippen molar-refractivity contribution < 1.29 is 4.79 Å². The van der Waals surface area contributed by atoms with Gasteiger partial charge in [0.25, 0.3) is 0 Å². The van der Waals surface area contributed by atoms with E-state index in [0.29, 0.717) is 6.54 Å². The number of benzene rings is 1. The van der Waals surface area contributed by atoms with E-state index < -0.39 is 0 Å². The van der Waals surface area contributed by atoms with Gasteiger partial charge in [0.2, 0.25) is 5.91 Å². The molecular weight excluding hydrogens is 328 g/mol. The molecule has 1 amide bonds. The number of likely N-dealkylation sites (N-methyl/N-ethyl adjacent to an activating group) is 1. The number of likely N-dealkylation sites (tertiary alicyclic amines) is 1. The zero-order valence-electron chi connectivity index (χ0n) is 13.2. The fourth-order valence-corrected chi connectivity index (χ4v) is 4.12. The van der Waals surface area contributed by atoms with Crippen molar-refractivity contribution >= 4 is 28.8 Å². The van der Waals surface area contributed by atoms with Gasteiger partial charge in [0.1, 0.15) is 0 Å². The van der Waals surface area contributed by atoms with Crippen LogP contribution >= 0.6 is 22.9 Å². The van der Waals surface area contributed by atoms with Crippen molar-refractivity contribution in [2.75, 3.05) is 20.1 Å². The molecule has 122 valence electrons. The van der Waals surface area contributed by atoms with Gasteiger partial charge in [0.05, 0.1) is 12.6 Å². The van der Waals surface area contributed by atoms with Gasteiger partial charge in [-0.25, -0.2) is 0 Å². The van der Waals surface area contributed by atoms with Gasteiger partial charge in [0, 0.05) is 23.0 Å². The van der Waals surface area contributed by atoms with Gasteiger partial charge in [-0.3, -0.25) is 9.69 Å². The highest BCUT2D eigenvalue weighted by atomic mass is 35.5. The van der Waals surface area contributed by atoms with E-state index in [1.807, 2.05) is 36.2 Å². The van der Waals surface area contributed by atoms with Crippen LogP contribution in [-0.4, -0.2) is 35.8 Å². The van der Waals surface area contributed by atoms with Crippen LogP contribution in [-0.2, 0) is 11.3 Å². The van der Waals surface area contributed by atoms with Crippen LogP contribution in [0.4, 0.5) is 0 Å². The molecule has 1 aromatic carbocycles. The molecule has 23 heavy (non-hydrogen) atoms. The smallest absolute Gasteiger partial charge is 0.237 e. The predicted molar refractivity (Wildman–Crippen MR) is 95.8 cm³/mol. The molecule has 2 heterocycles. The van der Waals surface area contributed by atoms with Crippen molar-refractivity contribution in [3.05, 3.63) is 57.2 Å². The Bertz CT molecular complexity index is 642. The molecule has 3 nitrogen and oxygen atoms in total. The molecule has 1 aliphatic heterocycles. The first-order valence-electron chi connectivity index (χ1n) is 7.89. The van der Waals surface area contributed by atoms with Crippen molar-refractivity contribution in [1.29, 1.82) is 0 Å². The van der Waals surface area contributed by atoms with Crippen molar-refractivity contribution in [3.8, 4) is 0 Å². The minimum absolute atomic E-state index is 0.220. The Balaban J connectivity index is 1.58. The monoisotopic (exact) mass is 348 g/mol. The van der Waals surface area contributed by atoms with Gasteiger partial charge in [-0.2, -0.15) is 0 Å². The third-order valence-electron chi connectivity index (χ3n) is 4.22. The molecule has 0 radical (unpaired) electrons. The Morgan fingerprint density at radius 2 is 2.13 bits per heavy atom. The fourth-order valence-electron chi connectivity index (χ4n) is 3.12. The maximum Gasteiger partial charge on any atom is 0.237 e. The molecule has 3 rings (SSSR count). The summed E-state index contributed by atoms with van der Waals surface area (Å²) in [6, 6.07) is 12.3. The fraction of sp³-hybridized carbons (Fsp3) is 0.389. The topological polar surface area (TPSA) is 23.6 Å². The van der Waals surface area contributed by atoms with E-state index in [1.165, 1.54) is 10.4 Å². The summed E-state index contributed by atoms with van der Waals surface area (Å²) in [6.45, 7) is 2.07. The average Bonchev–Trinajstić information content (AvgIpc) is 3.19. The molecule has 1 unspecified atom stereocenters. The van der Waals surface area contributed by atoms with Crippen molar-refractivity contribution in [2.24, 2.45) is 0 Å². The molecule has 0 saturated carbocycles. The van der Waals surface area contributed by atoms with Crippen LogP contribution in [0.1, 0.15) is 29.3 Å². The third-order valence-corrected chi connectivity index (χ3v) is 5.44. The number of nitrogens with zero attached hydrogens (tertiary/aromatic N) is 2. The first kappa shape index (κ1) is 16.5. The van der Waals surface area contributed by atoms with Gasteiger partial charge >= 0.3 is 0 Å². The van der Waals surface area contributed by atoms with Crippen molar-refractivity contribution in [1.82, 2.24) is 9.80 Å². The SMILES string of the molecule is CN(CC(=O)N1CCCC1c1cccs1)Cc1ccc(Cl)cc1. The predicted octanol–water partition coefficient (Wildman–Crippen LogP) is 4.20. The number of thiophene rings is 1. The van der Waals surface area contributed by atoms with Crippen LogP contribution in [0.2, 0.25) is 5.02 Å². The zero-order valence-corrected chi connectivity index (χ0v) is 14.8. The second-order valence-electron chi connectivity index (χ2n) is 6.06. The lowest BCUT2D eigenvalue weighted by molar-refractivity contribution is -0.133. The van der Waals surface area contributed by atoms with Crippen LogP contribution in [0, 0.1) is 0 Å². The maximum atomic E-state index is 12.7. The second-order valence-corrected chi connectivity index (χ2v) is 7.48. The molecule has 5 heteroatoms. The lowest BCUT2D eigenvalue weighted by Gasteiger charge is -2.26. The van der Waals surface area contributed by atoms with E-state index in [9.17, 15) is 4.79 Å². The van der Waals surface area contributed by atoms with Crippen LogP contribution < -0.4 is 0 Å². The van der Waals surface area contributed by atoms with Gasteiger partial charge in [-0.05, 0) is 49.0 Å². The molecular formula is C18H21ClN2OS. The highest BCUT2D eigenvalue weighted by Crippen LogP contribution is 2.34. The number of amides is 1. The Morgan fingerprint density at radius 1 is 1.35 bits per heavy atom. The van der Waals surface area contributed by atoms with Gasteiger partial charge in [-0.1, -0.05) is 29.8 Å². The Kier molecular flexibility index (Phi) is 5.36. The summed E-state index contributed by atoms with van der Waals surface area (Å²) in [5.74, 6) is 0.220. The first-order chi connectivity index (χ1) is 11.1. The number of hydrogen-bond donors (Lipinski definition) is 0. The minimum Gasteiger partial charge on any atom is -0.334 e. The second kappa shape index (κ2) is 7.47. The summed E-state index contributed by atoms with van der Waals surface area (Å²) in [5, 5.41) is 2.83. The van der Waals surface area contributed by atoms with Crippen LogP contribution in [0.3, 0.4) is 0 Å². The number of halogens is 1. The highest BCUT2D eigenvalue weighted by molar-refractivity contribution is 7.10. The van der Waals surface area contributed by atoms with E-state index in [2.05, 4.69) is 22.4 Å². The number of carbonyl (C=O) groups is 1. The molecule has 1 atom stereocenters. The molecule has 1 fully saturated rings. The van der Waals surface area contributed by atoms with Crippen molar-refractivity contribution in [2.45, 2.75) is 25.4 Å². The summed E-state index contributed by atoms with van der Waals surface area (Å²) in [7, 11) is 1.99. The van der Waals surface area contributed by atoms with E-state index in [4.69, 9.17) is 11.6 Å². The lowest BCUT2D eigenvalue weighted by Crippen LogP contribution is -2.38. The Hall–Kier alpha value is -1.36. The summed E-state index contributed by atoms with van der Waals surface area (Å²) in [4.78, 5) is 18.1. The number of carbonyl (C=O) groups excluding carboxylic acids is 1. The summed E-state index contributed by atoms with van der Waals surface area (Å²) in [6.07, 6.45) is 2.17. The van der Waals surface area contributed by atoms with E-state index in [-0.39, 0.29) is 11.9 Å². The summed E-state index contributed by atoms with van der Waals surface area (Å²) < 4.78 is 0. The Morgan fingerprint density at radius 3 is 2.83 bits per heavy atom. The maximum absolute atomic E-state index is 12.7. The molecule has 0 N–H and O–H groups in total. The van der Waals surface area contributed by atoms with Gasteiger partial charge in [-0.15, -0.1) is 11.3 Å². The molecule has 1 saturated heterocycles. The number of rotatable bonds is 5. The zero-order chi connectivity index (χ0) is 16.2. The van der Waals surface area contributed by atoms with Gasteiger partial charge in [0.15, 0.2) is 0 Å². The third kappa shape index (κ3) is 4.14. The van der Waals surface area contributed by atoms with Crippen LogP contribution in [0.5, 0.6) is 0 Å². The molecule has 1 aromatic heterocycles. The summed E-state index contributed by atoms with van der Waals surface area (Å²) in [5.41, 5.74) is 1.17. The minimum atomic E-state index is 0.220.